The molecule has 5 heteroatoms. The van der Waals surface area contributed by atoms with E-state index in [4.69, 9.17) is 9.15 Å². The Bertz CT molecular complexity index is 787. The molecule has 110 valence electrons. The second kappa shape index (κ2) is 4.91. The molecule has 0 saturated heterocycles. The van der Waals surface area contributed by atoms with E-state index in [1.165, 1.54) is 6.92 Å². The Kier molecular flexibility index (Phi) is 3.20. The van der Waals surface area contributed by atoms with Gasteiger partial charge in [-0.2, -0.15) is 0 Å². The lowest BCUT2D eigenvalue weighted by Gasteiger charge is -2.18. The number of aryl methyl sites for hydroxylation is 2. The number of benzene rings is 1. The van der Waals surface area contributed by atoms with Crippen LogP contribution in [-0.2, 0) is 17.6 Å². The minimum atomic E-state index is -1.29. The highest BCUT2D eigenvalue weighted by atomic mass is 16.5. The van der Waals surface area contributed by atoms with Gasteiger partial charge in [0.15, 0.2) is 0 Å². The minimum absolute atomic E-state index is 0.303. The van der Waals surface area contributed by atoms with Gasteiger partial charge < -0.3 is 19.1 Å². The first-order chi connectivity index (χ1) is 9.99. The Balaban J connectivity index is 2.16. The fourth-order valence-corrected chi connectivity index (χ4v) is 2.83. The van der Waals surface area contributed by atoms with Crippen molar-refractivity contribution in [1.29, 1.82) is 0 Å². The number of carbonyl (C=O) groups is 1. The number of ether oxygens (including phenoxy) is 1. The van der Waals surface area contributed by atoms with Gasteiger partial charge in [0.25, 0.3) is 0 Å². The summed E-state index contributed by atoms with van der Waals surface area (Å²) in [6.07, 6.45) is 1.51. The summed E-state index contributed by atoms with van der Waals surface area (Å²) in [5.41, 5.74) is 2.61. The summed E-state index contributed by atoms with van der Waals surface area (Å²) < 4.78 is 10.8. The molecule has 1 aliphatic carbocycles. The number of rotatable bonds is 3. The lowest BCUT2D eigenvalue weighted by Crippen LogP contribution is -2.37. The number of carboxylic acids is 1. The lowest BCUT2D eigenvalue weighted by atomic mass is 10.0. The van der Waals surface area contributed by atoms with Crippen LogP contribution >= 0.6 is 0 Å². The monoisotopic (exact) mass is 287 g/mol. The van der Waals surface area contributed by atoms with Crippen LogP contribution in [0.4, 0.5) is 0 Å². The molecule has 2 aromatic rings. The SMILES string of the molecule is Cc1c(O[C@H](C)C(=O)[O-])ccc2c3c(c(=O)oc12)CCC3. The molecule has 1 aliphatic rings. The third-order valence-corrected chi connectivity index (χ3v) is 3.98. The predicted octanol–water partition coefficient (Wildman–Crippen LogP) is 1.11. The van der Waals surface area contributed by atoms with E-state index in [1.807, 2.05) is 6.07 Å². The molecule has 21 heavy (non-hydrogen) atoms. The minimum Gasteiger partial charge on any atom is -0.546 e. The molecule has 1 heterocycles. The Hall–Kier alpha value is -2.30. The average Bonchev–Trinajstić information content (AvgIpc) is 2.92. The molecule has 5 nitrogen and oxygen atoms in total. The van der Waals surface area contributed by atoms with E-state index in [-0.39, 0.29) is 5.63 Å². The first-order valence-electron chi connectivity index (χ1n) is 6.94. The van der Waals surface area contributed by atoms with Gasteiger partial charge in [-0.1, -0.05) is 0 Å². The highest BCUT2D eigenvalue weighted by Gasteiger charge is 2.21. The quantitative estimate of drug-likeness (QED) is 0.790. The number of carbonyl (C=O) groups excluding carboxylic acids is 1. The van der Waals surface area contributed by atoms with Crippen LogP contribution < -0.4 is 15.5 Å². The molecule has 0 spiro atoms. The van der Waals surface area contributed by atoms with Gasteiger partial charge in [0.2, 0.25) is 0 Å². The van der Waals surface area contributed by atoms with Crippen LogP contribution in [0.2, 0.25) is 0 Å². The second-order valence-electron chi connectivity index (χ2n) is 5.34. The molecule has 0 radical (unpaired) electrons. The number of hydrogen-bond acceptors (Lipinski definition) is 5. The van der Waals surface area contributed by atoms with E-state index in [0.29, 0.717) is 16.9 Å². The first kappa shape index (κ1) is 13.7. The zero-order valence-corrected chi connectivity index (χ0v) is 11.9. The van der Waals surface area contributed by atoms with E-state index in [1.54, 1.807) is 13.0 Å². The van der Waals surface area contributed by atoms with E-state index in [2.05, 4.69) is 0 Å². The summed E-state index contributed by atoms with van der Waals surface area (Å²) in [7, 11) is 0. The summed E-state index contributed by atoms with van der Waals surface area (Å²) in [6.45, 7) is 3.15. The van der Waals surface area contributed by atoms with Crippen LogP contribution in [0.5, 0.6) is 5.75 Å². The first-order valence-corrected chi connectivity index (χ1v) is 6.94. The molecule has 0 saturated carbocycles. The van der Waals surface area contributed by atoms with Gasteiger partial charge in [-0.25, -0.2) is 4.79 Å². The average molecular weight is 287 g/mol. The van der Waals surface area contributed by atoms with Gasteiger partial charge in [0.1, 0.15) is 17.4 Å². The van der Waals surface area contributed by atoms with Gasteiger partial charge >= 0.3 is 5.63 Å². The van der Waals surface area contributed by atoms with Crippen LogP contribution in [-0.4, -0.2) is 12.1 Å². The van der Waals surface area contributed by atoms with E-state index < -0.39 is 12.1 Å². The fraction of sp³-hybridized carbons (Fsp3) is 0.375. The van der Waals surface area contributed by atoms with Crippen molar-refractivity contribution in [2.45, 2.75) is 39.2 Å². The highest BCUT2D eigenvalue weighted by Crippen LogP contribution is 2.33. The van der Waals surface area contributed by atoms with Gasteiger partial charge in [-0.3, -0.25) is 0 Å². The lowest BCUT2D eigenvalue weighted by molar-refractivity contribution is -0.312. The number of fused-ring (bicyclic) bond motifs is 3. The molecule has 1 aromatic heterocycles. The molecule has 0 N–H and O–H groups in total. The molecular formula is C16H15O5-. The molecule has 1 aromatic carbocycles. The van der Waals surface area contributed by atoms with Crippen LogP contribution in [0.3, 0.4) is 0 Å². The Morgan fingerprint density at radius 2 is 2.05 bits per heavy atom. The molecular weight excluding hydrogens is 272 g/mol. The second-order valence-corrected chi connectivity index (χ2v) is 5.34. The zero-order valence-electron chi connectivity index (χ0n) is 11.9. The van der Waals surface area contributed by atoms with E-state index in [9.17, 15) is 14.7 Å². The summed E-state index contributed by atoms with van der Waals surface area (Å²) in [5.74, 6) is -0.898. The van der Waals surface area contributed by atoms with Crippen molar-refractivity contribution >= 4 is 16.9 Å². The third-order valence-electron chi connectivity index (χ3n) is 3.98. The third kappa shape index (κ3) is 2.18. The Morgan fingerprint density at radius 3 is 2.76 bits per heavy atom. The summed E-state index contributed by atoms with van der Waals surface area (Å²) in [6, 6.07) is 3.54. The van der Waals surface area contributed by atoms with Crippen molar-refractivity contribution in [3.05, 3.63) is 39.2 Å². The number of aliphatic carboxylic acids is 1. The van der Waals surface area contributed by atoms with Crippen LogP contribution in [0.1, 0.15) is 30.0 Å². The molecule has 1 atom stereocenters. The predicted molar refractivity (Wildman–Crippen MR) is 74.3 cm³/mol. The van der Waals surface area contributed by atoms with Gasteiger partial charge in [0.05, 0.1) is 5.97 Å². The summed E-state index contributed by atoms with van der Waals surface area (Å²) in [5, 5.41) is 11.7. The van der Waals surface area contributed by atoms with Crippen LogP contribution in [0.15, 0.2) is 21.3 Å². The van der Waals surface area contributed by atoms with Crippen molar-refractivity contribution in [1.82, 2.24) is 0 Å². The van der Waals surface area contributed by atoms with Gasteiger partial charge in [-0.15, -0.1) is 0 Å². The smallest absolute Gasteiger partial charge is 0.339 e. The molecule has 3 rings (SSSR count). The van der Waals surface area contributed by atoms with Gasteiger partial charge in [-0.05, 0) is 50.8 Å². The Morgan fingerprint density at radius 1 is 1.33 bits per heavy atom. The highest BCUT2D eigenvalue weighted by molar-refractivity contribution is 5.86. The summed E-state index contributed by atoms with van der Waals surface area (Å²) in [4.78, 5) is 22.8. The van der Waals surface area contributed by atoms with Crippen molar-refractivity contribution in [3.63, 3.8) is 0 Å². The summed E-state index contributed by atoms with van der Waals surface area (Å²) >= 11 is 0. The molecule has 0 amide bonds. The molecule has 0 aliphatic heterocycles. The number of carboxylic acid groups (broad SMARTS) is 1. The zero-order chi connectivity index (χ0) is 15.1. The van der Waals surface area contributed by atoms with Crippen molar-refractivity contribution < 1.29 is 19.1 Å². The maximum atomic E-state index is 12.0. The maximum Gasteiger partial charge on any atom is 0.339 e. The Labute approximate surface area is 121 Å². The molecule has 0 fully saturated rings. The molecule has 0 bridgehead atoms. The number of hydrogen-bond donors (Lipinski definition) is 0. The van der Waals surface area contributed by atoms with Crippen molar-refractivity contribution in [3.8, 4) is 5.75 Å². The van der Waals surface area contributed by atoms with E-state index >= 15 is 0 Å². The maximum absolute atomic E-state index is 12.0. The van der Waals surface area contributed by atoms with Crippen LogP contribution in [0, 0.1) is 6.92 Å². The largest absolute Gasteiger partial charge is 0.546 e. The normalized spacial score (nSPS) is 15.0. The van der Waals surface area contributed by atoms with E-state index in [0.717, 1.165) is 35.8 Å². The van der Waals surface area contributed by atoms with Crippen molar-refractivity contribution in [2.75, 3.05) is 0 Å². The fourth-order valence-electron chi connectivity index (χ4n) is 2.83. The van der Waals surface area contributed by atoms with Crippen molar-refractivity contribution in [2.24, 2.45) is 0 Å². The van der Waals surface area contributed by atoms with Gasteiger partial charge in [0, 0.05) is 16.5 Å². The topological polar surface area (TPSA) is 79.6 Å². The molecule has 0 unspecified atom stereocenters. The standard InChI is InChI=1S/C16H16O5/c1-8-13(20-9(2)15(17)18)7-6-11-10-4-3-5-12(10)16(19)21-14(8)11/h6-7,9H,3-5H2,1-2H3,(H,17,18)/p-1/t9-/m1/s1. The van der Waals surface area contributed by atoms with Crippen LogP contribution in [0.25, 0.3) is 11.0 Å².